The van der Waals surface area contributed by atoms with Gasteiger partial charge in [0.05, 0.1) is 16.3 Å². The monoisotopic (exact) mass is 472 g/mol. The van der Waals surface area contributed by atoms with Crippen LogP contribution in [-0.2, 0) is 24.4 Å². The molecule has 2 aromatic rings. The first-order valence-electron chi connectivity index (χ1n) is 10.7. The molecule has 0 saturated carbocycles. The molecule has 0 unspecified atom stereocenters. The molecule has 3 rings (SSSR count). The molecular formula is C23H28N4O5S. The van der Waals surface area contributed by atoms with Crippen LogP contribution in [0.5, 0.6) is 0 Å². The highest BCUT2D eigenvalue weighted by Gasteiger charge is 2.30. The summed E-state index contributed by atoms with van der Waals surface area (Å²) in [5.41, 5.74) is 1.88. The third-order valence-corrected chi connectivity index (χ3v) is 7.21. The van der Waals surface area contributed by atoms with Crippen LogP contribution in [0, 0.1) is 6.92 Å². The van der Waals surface area contributed by atoms with Crippen molar-refractivity contribution in [2.75, 3.05) is 36.8 Å². The number of piperazine rings is 1. The minimum Gasteiger partial charge on any atom is -0.340 e. The number of nitrogens with zero attached hydrogens (tertiary/aromatic N) is 2. The first-order valence-corrected chi connectivity index (χ1v) is 12.1. The van der Waals surface area contributed by atoms with Gasteiger partial charge < -0.3 is 15.5 Å². The Hall–Kier alpha value is -3.24. The zero-order chi connectivity index (χ0) is 24.0. The van der Waals surface area contributed by atoms with E-state index in [9.17, 15) is 22.8 Å². The Labute approximate surface area is 193 Å². The molecule has 1 fully saturated rings. The number of nitrogens with one attached hydrogen (secondary N) is 2. The molecule has 0 bridgehead atoms. The van der Waals surface area contributed by atoms with Gasteiger partial charge in [0.1, 0.15) is 0 Å². The largest absolute Gasteiger partial charge is 0.340 e. The van der Waals surface area contributed by atoms with Crippen molar-refractivity contribution in [3.05, 3.63) is 54.1 Å². The molecule has 1 heterocycles. The number of hydrogen-bond acceptors (Lipinski definition) is 5. The third kappa shape index (κ3) is 6.39. The van der Waals surface area contributed by atoms with Gasteiger partial charge in [-0.1, -0.05) is 24.3 Å². The predicted octanol–water partition coefficient (Wildman–Crippen LogP) is 2.21. The van der Waals surface area contributed by atoms with Crippen molar-refractivity contribution < 1.29 is 22.8 Å². The fraction of sp³-hybridized carbons (Fsp3) is 0.348. The fourth-order valence-electron chi connectivity index (χ4n) is 3.57. The number of aryl methyl sites for hydroxylation is 1. The quantitative estimate of drug-likeness (QED) is 0.641. The average molecular weight is 473 g/mol. The summed E-state index contributed by atoms with van der Waals surface area (Å²) in [6, 6.07) is 13.5. The lowest BCUT2D eigenvalue weighted by atomic mass is 10.1. The highest BCUT2D eigenvalue weighted by atomic mass is 32.2. The molecule has 1 saturated heterocycles. The summed E-state index contributed by atoms with van der Waals surface area (Å²) in [5, 5.41) is 5.42. The van der Waals surface area contributed by atoms with E-state index in [0.717, 1.165) is 5.56 Å². The number of sulfonamides is 1. The molecule has 2 aromatic carbocycles. The number of rotatable bonds is 7. The Morgan fingerprint density at radius 2 is 1.55 bits per heavy atom. The first-order chi connectivity index (χ1) is 15.7. The summed E-state index contributed by atoms with van der Waals surface area (Å²) in [4.78, 5) is 38.2. The normalized spacial score (nSPS) is 14.5. The number of benzene rings is 2. The zero-order valence-corrected chi connectivity index (χ0v) is 19.5. The van der Waals surface area contributed by atoms with Crippen molar-refractivity contribution in [3.63, 3.8) is 0 Å². The van der Waals surface area contributed by atoms with Crippen molar-refractivity contribution in [3.8, 4) is 0 Å². The molecule has 3 amide bonds. The first kappa shape index (κ1) is 24.4. The van der Waals surface area contributed by atoms with Gasteiger partial charge in [0.25, 0.3) is 0 Å². The number of carbonyl (C=O) groups excluding carboxylic acids is 3. The maximum Gasteiger partial charge on any atom is 0.243 e. The molecule has 1 aliphatic rings. The highest BCUT2D eigenvalue weighted by Crippen LogP contribution is 2.23. The van der Waals surface area contributed by atoms with Gasteiger partial charge in [-0.25, -0.2) is 8.42 Å². The van der Waals surface area contributed by atoms with E-state index in [0.29, 0.717) is 11.4 Å². The van der Waals surface area contributed by atoms with Crippen molar-refractivity contribution >= 4 is 39.1 Å². The molecule has 10 heteroatoms. The summed E-state index contributed by atoms with van der Waals surface area (Å²) in [5.74, 6) is -0.794. The Morgan fingerprint density at radius 3 is 2.18 bits per heavy atom. The molecular weight excluding hydrogens is 444 g/mol. The van der Waals surface area contributed by atoms with Gasteiger partial charge in [0.15, 0.2) is 0 Å². The second kappa shape index (κ2) is 10.6. The van der Waals surface area contributed by atoms with Crippen molar-refractivity contribution in [1.82, 2.24) is 9.21 Å². The van der Waals surface area contributed by atoms with E-state index in [1.807, 2.05) is 13.0 Å². The standard InChI is InChI=1S/C23H28N4O5S/c1-17-8-9-20(24-18(2)28)21(16-17)25-22(29)10-11-23(30)26-12-14-27(15-13-26)33(31,32)19-6-4-3-5-7-19/h3-9,16H,10-15H2,1-2H3,(H,24,28)(H,25,29). The molecule has 0 aliphatic carbocycles. The summed E-state index contributed by atoms with van der Waals surface area (Å²) in [7, 11) is -3.59. The Balaban J connectivity index is 1.51. The lowest BCUT2D eigenvalue weighted by Crippen LogP contribution is -2.50. The van der Waals surface area contributed by atoms with Crippen LogP contribution in [0.1, 0.15) is 25.3 Å². The third-order valence-electron chi connectivity index (χ3n) is 5.30. The summed E-state index contributed by atoms with van der Waals surface area (Å²) in [6.07, 6.45) is -0.00658. The number of anilines is 2. The number of hydrogen-bond donors (Lipinski definition) is 2. The molecule has 33 heavy (non-hydrogen) atoms. The predicted molar refractivity (Wildman–Crippen MR) is 125 cm³/mol. The average Bonchev–Trinajstić information content (AvgIpc) is 2.79. The molecule has 0 aromatic heterocycles. The molecule has 0 spiro atoms. The van der Waals surface area contributed by atoms with Crippen LogP contribution < -0.4 is 10.6 Å². The van der Waals surface area contributed by atoms with E-state index in [2.05, 4.69) is 10.6 Å². The van der Waals surface area contributed by atoms with Crippen LogP contribution in [-0.4, -0.2) is 61.5 Å². The zero-order valence-electron chi connectivity index (χ0n) is 18.7. The van der Waals surface area contributed by atoms with E-state index in [1.54, 1.807) is 47.4 Å². The molecule has 0 radical (unpaired) electrons. The van der Waals surface area contributed by atoms with Crippen LogP contribution in [0.4, 0.5) is 11.4 Å². The van der Waals surface area contributed by atoms with Crippen molar-refractivity contribution in [2.24, 2.45) is 0 Å². The number of carbonyl (C=O) groups is 3. The van der Waals surface area contributed by atoms with Crippen molar-refractivity contribution in [1.29, 1.82) is 0 Å². The molecule has 176 valence electrons. The van der Waals surface area contributed by atoms with Crippen LogP contribution in [0.2, 0.25) is 0 Å². The van der Waals surface area contributed by atoms with Crippen molar-refractivity contribution in [2.45, 2.75) is 31.6 Å². The van der Waals surface area contributed by atoms with Gasteiger partial charge >= 0.3 is 0 Å². The van der Waals surface area contributed by atoms with Gasteiger partial charge in [-0.3, -0.25) is 14.4 Å². The molecule has 9 nitrogen and oxygen atoms in total. The van der Waals surface area contributed by atoms with Crippen LogP contribution in [0.25, 0.3) is 0 Å². The van der Waals surface area contributed by atoms with E-state index in [4.69, 9.17) is 0 Å². The Bertz CT molecular complexity index is 1130. The Morgan fingerprint density at radius 1 is 0.879 bits per heavy atom. The lowest BCUT2D eigenvalue weighted by molar-refractivity contribution is -0.133. The summed E-state index contributed by atoms with van der Waals surface area (Å²) in [6.45, 7) is 4.22. The second-order valence-electron chi connectivity index (χ2n) is 7.88. The summed E-state index contributed by atoms with van der Waals surface area (Å²) >= 11 is 0. The van der Waals surface area contributed by atoms with Gasteiger partial charge in [-0.2, -0.15) is 4.31 Å². The van der Waals surface area contributed by atoms with E-state index >= 15 is 0 Å². The maximum absolute atomic E-state index is 12.7. The SMILES string of the molecule is CC(=O)Nc1ccc(C)cc1NC(=O)CCC(=O)N1CCN(S(=O)(=O)c2ccccc2)CC1. The minimum absolute atomic E-state index is 0.0125. The van der Waals surface area contributed by atoms with Crippen LogP contribution in [0.3, 0.4) is 0 Å². The summed E-state index contributed by atoms with van der Waals surface area (Å²) < 4.78 is 26.8. The van der Waals surface area contributed by atoms with Crippen LogP contribution in [0.15, 0.2) is 53.4 Å². The Kier molecular flexibility index (Phi) is 7.83. The maximum atomic E-state index is 12.7. The number of amides is 3. The van der Waals surface area contributed by atoms with Gasteiger partial charge in [-0.05, 0) is 36.8 Å². The van der Waals surface area contributed by atoms with Gasteiger partial charge in [0.2, 0.25) is 27.7 Å². The molecule has 2 N–H and O–H groups in total. The highest BCUT2D eigenvalue weighted by molar-refractivity contribution is 7.89. The van der Waals surface area contributed by atoms with Gasteiger partial charge in [0, 0.05) is 45.9 Å². The van der Waals surface area contributed by atoms with E-state index in [-0.39, 0.29) is 61.6 Å². The van der Waals surface area contributed by atoms with E-state index in [1.165, 1.54) is 11.2 Å². The van der Waals surface area contributed by atoms with E-state index < -0.39 is 10.0 Å². The lowest BCUT2D eigenvalue weighted by Gasteiger charge is -2.34. The smallest absolute Gasteiger partial charge is 0.243 e. The minimum atomic E-state index is -3.59. The second-order valence-corrected chi connectivity index (χ2v) is 9.81. The topological polar surface area (TPSA) is 116 Å². The fourth-order valence-corrected chi connectivity index (χ4v) is 5.01. The molecule has 0 atom stereocenters. The van der Waals surface area contributed by atoms with Crippen LogP contribution >= 0.6 is 0 Å². The van der Waals surface area contributed by atoms with Gasteiger partial charge in [-0.15, -0.1) is 0 Å². The molecule has 1 aliphatic heterocycles.